The third-order valence-electron chi connectivity index (χ3n) is 5.48. The molecular weight excluding hydrogens is 396 g/mol. The molecule has 0 unspecified atom stereocenters. The number of aromatic nitrogens is 1. The molecule has 0 aliphatic heterocycles. The predicted molar refractivity (Wildman–Crippen MR) is 106 cm³/mol. The van der Waals surface area contributed by atoms with Gasteiger partial charge in [0, 0.05) is 24.1 Å². The van der Waals surface area contributed by atoms with Crippen LogP contribution in [0, 0.1) is 13.8 Å². The van der Waals surface area contributed by atoms with Gasteiger partial charge in [0.25, 0.3) is 5.91 Å². The molecule has 1 heterocycles. The third-order valence-corrected chi connectivity index (χ3v) is 5.81. The van der Waals surface area contributed by atoms with Gasteiger partial charge in [-0.1, -0.05) is 35.0 Å². The number of ether oxygens (including phenoxy) is 1. The van der Waals surface area contributed by atoms with Gasteiger partial charge in [0.15, 0.2) is 12.4 Å². The number of hydrogen-bond acceptors (Lipinski definition) is 6. The van der Waals surface area contributed by atoms with Gasteiger partial charge in [0.2, 0.25) is 0 Å². The van der Waals surface area contributed by atoms with Crippen molar-refractivity contribution in [3.63, 3.8) is 0 Å². The van der Waals surface area contributed by atoms with Gasteiger partial charge in [-0.05, 0) is 39.2 Å². The number of Topliss-reactive ketones (excluding diaryl/α,β-unsaturated/α-hetero) is 1. The van der Waals surface area contributed by atoms with Gasteiger partial charge in [0.1, 0.15) is 16.9 Å². The lowest BCUT2D eigenvalue weighted by Crippen LogP contribution is -2.55. The Labute approximate surface area is 173 Å². The Morgan fingerprint density at radius 1 is 1.28 bits per heavy atom. The van der Waals surface area contributed by atoms with Gasteiger partial charge >= 0.3 is 5.97 Å². The van der Waals surface area contributed by atoms with Crippen LogP contribution in [-0.4, -0.2) is 41.4 Å². The molecule has 7 nitrogen and oxygen atoms in total. The minimum absolute atomic E-state index is 0.0650. The highest BCUT2D eigenvalue weighted by Gasteiger charge is 2.48. The van der Waals surface area contributed by atoms with Crippen molar-refractivity contribution in [1.82, 2.24) is 10.1 Å². The van der Waals surface area contributed by atoms with E-state index in [0.717, 1.165) is 12.8 Å². The molecule has 0 spiro atoms. The van der Waals surface area contributed by atoms with Crippen molar-refractivity contribution in [1.29, 1.82) is 0 Å². The number of amides is 1. The molecule has 2 aromatic rings. The van der Waals surface area contributed by atoms with Crippen molar-refractivity contribution in [3.05, 3.63) is 51.9 Å². The molecule has 8 heteroatoms. The minimum Gasteiger partial charge on any atom is -0.452 e. The SMILES string of the molecule is Cc1noc(C)c1C(=O)OCC(=O)N(C)[C@@]1(c2ccccc2Cl)CCCCC1=O. The second-order valence-electron chi connectivity index (χ2n) is 7.20. The van der Waals surface area contributed by atoms with Gasteiger partial charge in [-0.15, -0.1) is 0 Å². The fourth-order valence-electron chi connectivity index (χ4n) is 3.91. The van der Waals surface area contributed by atoms with E-state index in [4.69, 9.17) is 20.9 Å². The Hall–Kier alpha value is -2.67. The second kappa shape index (κ2) is 8.37. The topological polar surface area (TPSA) is 89.7 Å². The normalized spacial score (nSPS) is 19.1. The van der Waals surface area contributed by atoms with Crippen LogP contribution in [0.5, 0.6) is 0 Å². The summed E-state index contributed by atoms with van der Waals surface area (Å²) in [7, 11) is 1.55. The fraction of sp³-hybridized carbons (Fsp3) is 0.429. The third kappa shape index (κ3) is 3.79. The number of benzene rings is 1. The van der Waals surface area contributed by atoms with E-state index in [2.05, 4.69) is 5.16 Å². The van der Waals surface area contributed by atoms with Crippen LogP contribution in [0.15, 0.2) is 28.8 Å². The summed E-state index contributed by atoms with van der Waals surface area (Å²) < 4.78 is 10.2. The Morgan fingerprint density at radius 2 is 2.00 bits per heavy atom. The van der Waals surface area contributed by atoms with E-state index < -0.39 is 24.0 Å². The average Bonchev–Trinajstić information content (AvgIpc) is 3.04. The largest absolute Gasteiger partial charge is 0.452 e. The number of esters is 1. The number of nitrogens with zero attached hydrogens (tertiary/aromatic N) is 2. The number of hydrogen-bond donors (Lipinski definition) is 0. The molecule has 29 heavy (non-hydrogen) atoms. The maximum absolute atomic E-state index is 13.0. The number of ketones is 1. The molecule has 0 saturated heterocycles. The van der Waals surface area contributed by atoms with E-state index in [1.807, 2.05) is 0 Å². The molecule has 0 N–H and O–H groups in total. The molecule has 0 radical (unpaired) electrons. The number of halogens is 1. The number of rotatable bonds is 5. The van der Waals surface area contributed by atoms with Crippen LogP contribution in [0.3, 0.4) is 0 Å². The molecular formula is C21H23ClN2O5. The lowest BCUT2D eigenvalue weighted by molar-refractivity contribution is -0.150. The smallest absolute Gasteiger partial charge is 0.344 e. The summed E-state index contributed by atoms with van der Waals surface area (Å²) in [5.41, 5.74) is 0.0286. The lowest BCUT2D eigenvalue weighted by Gasteiger charge is -2.43. The summed E-state index contributed by atoms with van der Waals surface area (Å²) in [5.74, 6) is -0.918. The summed E-state index contributed by atoms with van der Waals surface area (Å²) in [6.45, 7) is 2.71. The van der Waals surface area contributed by atoms with Crippen LogP contribution >= 0.6 is 11.6 Å². The first-order valence-corrected chi connectivity index (χ1v) is 9.81. The van der Waals surface area contributed by atoms with Crippen LogP contribution in [-0.2, 0) is 19.9 Å². The van der Waals surface area contributed by atoms with Crippen LogP contribution in [0.1, 0.15) is 53.1 Å². The van der Waals surface area contributed by atoms with E-state index >= 15 is 0 Å². The maximum atomic E-state index is 13.0. The molecule has 1 fully saturated rings. The van der Waals surface area contributed by atoms with Crippen molar-refractivity contribution in [2.24, 2.45) is 0 Å². The maximum Gasteiger partial charge on any atom is 0.344 e. The molecule has 1 atom stereocenters. The average molecular weight is 419 g/mol. The first kappa shape index (κ1) is 21.0. The van der Waals surface area contributed by atoms with Gasteiger partial charge < -0.3 is 14.2 Å². The molecule has 1 aliphatic rings. The molecule has 1 aliphatic carbocycles. The highest BCUT2D eigenvalue weighted by Crippen LogP contribution is 2.42. The van der Waals surface area contributed by atoms with E-state index in [1.165, 1.54) is 4.90 Å². The van der Waals surface area contributed by atoms with Gasteiger partial charge in [-0.25, -0.2) is 4.79 Å². The summed E-state index contributed by atoms with van der Waals surface area (Å²) in [6, 6.07) is 7.04. The lowest BCUT2D eigenvalue weighted by atomic mass is 9.74. The summed E-state index contributed by atoms with van der Waals surface area (Å²) >= 11 is 6.40. The monoisotopic (exact) mass is 418 g/mol. The van der Waals surface area contributed by atoms with Crippen LogP contribution in [0.4, 0.5) is 0 Å². The Kier molecular flexibility index (Phi) is 6.07. The van der Waals surface area contributed by atoms with Gasteiger partial charge in [0.05, 0.1) is 5.69 Å². The molecule has 1 saturated carbocycles. The Bertz CT molecular complexity index is 935. The first-order valence-electron chi connectivity index (χ1n) is 9.44. The van der Waals surface area contributed by atoms with E-state index in [9.17, 15) is 14.4 Å². The van der Waals surface area contributed by atoms with Gasteiger partial charge in [-0.3, -0.25) is 9.59 Å². The van der Waals surface area contributed by atoms with Crippen molar-refractivity contribution in [2.75, 3.05) is 13.7 Å². The van der Waals surface area contributed by atoms with Crippen molar-refractivity contribution in [2.45, 2.75) is 45.1 Å². The zero-order chi connectivity index (χ0) is 21.2. The number of likely N-dealkylation sites (N-methyl/N-ethyl adjacent to an activating group) is 1. The first-order chi connectivity index (χ1) is 13.8. The number of carbonyl (C=O) groups excluding carboxylic acids is 3. The summed E-state index contributed by atoms with van der Waals surface area (Å²) in [4.78, 5) is 39.7. The highest BCUT2D eigenvalue weighted by molar-refractivity contribution is 6.31. The molecule has 0 bridgehead atoms. The summed E-state index contributed by atoms with van der Waals surface area (Å²) in [6.07, 6.45) is 2.39. The Balaban J connectivity index is 1.84. The molecule has 1 aromatic heterocycles. The zero-order valence-corrected chi connectivity index (χ0v) is 17.4. The minimum atomic E-state index is -1.16. The molecule has 1 aromatic carbocycles. The van der Waals surface area contributed by atoms with Crippen molar-refractivity contribution in [3.8, 4) is 0 Å². The quantitative estimate of drug-likeness (QED) is 0.689. The zero-order valence-electron chi connectivity index (χ0n) is 16.7. The van der Waals surface area contributed by atoms with E-state index in [0.29, 0.717) is 34.9 Å². The van der Waals surface area contributed by atoms with Crippen LogP contribution < -0.4 is 0 Å². The summed E-state index contributed by atoms with van der Waals surface area (Å²) in [5, 5.41) is 4.14. The molecule has 154 valence electrons. The van der Waals surface area contributed by atoms with E-state index in [-0.39, 0.29) is 11.3 Å². The van der Waals surface area contributed by atoms with Crippen LogP contribution in [0.2, 0.25) is 5.02 Å². The van der Waals surface area contributed by atoms with Crippen molar-refractivity contribution < 1.29 is 23.6 Å². The van der Waals surface area contributed by atoms with Crippen LogP contribution in [0.25, 0.3) is 0 Å². The number of carbonyl (C=O) groups is 3. The predicted octanol–water partition coefficient (Wildman–Crippen LogP) is 3.60. The second-order valence-corrected chi connectivity index (χ2v) is 7.61. The molecule has 1 amide bonds. The number of aryl methyl sites for hydroxylation is 2. The van der Waals surface area contributed by atoms with Gasteiger partial charge in [-0.2, -0.15) is 0 Å². The Morgan fingerprint density at radius 3 is 2.62 bits per heavy atom. The van der Waals surface area contributed by atoms with E-state index in [1.54, 1.807) is 45.2 Å². The molecule has 3 rings (SSSR count). The standard InChI is InChI=1S/C21H23ClN2O5/c1-13-19(14(2)29-23-13)20(27)28-12-18(26)24(3)21(11-7-6-10-17(21)25)15-8-4-5-9-16(15)22/h4-5,8-9H,6-7,10-12H2,1-3H3/t21-/m1/s1. The fourth-order valence-corrected chi connectivity index (χ4v) is 4.21. The highest BCUT2D eigenvalue weighted by atomic mass is 35.5. The van der Waals surface area contributed by atoms with Crippen molar-refractivity contribution >= 4 is 29.3 Å².